The van der Waals surface area contributed by atoms with Gasteiger partial charge in [-0.05, 0) is 38.4 Å². The average Bonchev–Trinajstić information content (AvgIpc) is 2.37. The quantitative estimate of drug-likeness (QED) is 0.763. The van der Waals surface area contributed by atoms with Crippen LogP contribution >= 0.6 is 0 Å². The number of likely N-dealkylation sites (tertiary alicyclic amines) is 1. The van der Waals surface area contributed by atoms with Gasteiger partial charge in [-0.15, -0.1) is 0 Å². The van der Waals surface area contributed by atoms with Crippen LogP contribution in [0.3, 0.4) is 0 Å². The highest BCUT2D eigenvalue weighted by Gasteiger charge is 2.18. The molecule has 0 spiro atoms. The summed E-state index contributed by atoms with van der Waals surface area (Å²) in [6.45, 7) is 4.08. The van der Waals surface area contributed by atoms with Crippen LogP contribution in [0.5, 0.6) is 0 Å². The molecule has 3 heteroatoms. The highest BCUT2D eigenvalue weighted by Crippen LogP contribution is 2.17. The van der Waals surface area contributed by atoms with Crippen LogP contribution in [-0.4, -0.2) is 29.8 Å². The largest absolute Gasteiger partial charge is 0.300 e. The van der Waals surface area contributed by atoms with Gasteiger partial charge in [0.1, 0.15) is 5.82 Å². The van der Waals surface area contributed by atoms with Crippen molar-refractivity contribution in [3.8, 4) is 0 Å². The minimum Gasteiger partial charge on any atom is -0.300 e. The Bertz CT molecular complexity index is 419. The van der Waals surface area contributed by atoms with Crippen molar-refractivity contribution in [2.75, 3.05) is 13.1 Å². The molecule has 18 heavy (non-hydrogen) atoms. The Morgan fingerprint density at radius 2 is 2.28 bits per heavy atom. The highest BCUT2D eigenvalue weighted by molar-refractivity contribution is 5.96. The van der Waals surface area contributed by atoms with Crippen LogP contribution in [0.4, 0.5) is 4.39 Å². The van der Waals surface area contributed by atoms with Crippen molar-refractivity contribution in [3.63, 3.8) is 0 Å². The van der Waals surface area contributed by atoms with Gasteiger partial charge >= 0.3 is 0 Å². The monoisotopic (exact) mass is 249 g/mol. The van der Waals surface area contributed by atoms with Crippen LogP contribution in [-0.2, 0) is 0 Å². The molecule has 1 heterocycles. The van der Waals surface area contributed by atoms with Crippen LogP contribution in [0.2, 0.25) is 0 Å². The lowest BCUT2D eigenvalue weighted by molar-refractivity contribution is 0.0935. The first kappa shape index (κ1) is 13.2. The van der Waals surface area contributed by atoms with Crippen molar-refractivity contribution in [1.82, 2.24) is 4.90 Å². The molecule has 98 valence electrons. The van der Waals surface area contributed by atoms with Crippen molar-refractivity contribution in [3.05, 3.63) is 35.6 Å². The number of hydrogen-bond acceptors (Lipinski definition) is 2. The molecule has 0 aromatic heterocycles. The maximum atomic E-state index is 13.0. The molecule has 0 bridgehead atoms. The Kier molecular flexibility index (Phi) is 4.48. The van der Waals surface area contributed by atoms with E-state index in [1.807, 2.05) is 0 Å². The van der Waals surface area contributed by atoms with E-state index in [-0.39, 0.29) is 11.6 Å². The third-order valence-electron chi connectivity index (χ3n) is 3.71. The normalized spacial score (nSPS) is 20.9. The smallest absolute Gasteiger partial charge is 0.164 e. The molecule has 1 aromatic carbocycles. The first-order chi connectivity index (χ1) is 8.66. The van der Waals surface area contributed by atoms with Crippen LogP contribution < -0.4 is 0 Å². The highest BCUT2D eigenvalue weighted by atomic mass is 19.1. The first-order valence-corrected chi connectivity index (χ1v) is 6.69. The molecule has 0 saturated carbocycles. The van der Waals surface area contributed by atoms with E-state index < -0.39 is 0 Å². The summed E-state index contributed by atoms with van der Waals surface area (Å²) in [6.07, 6.45) is 4.20. The van der Waals surface area contributed by atoms with E-state index in [0.29, 0.717) is 18.0 Å². The van der Waals surface area contributed by atoms with Crippen LogP contribution in [0.1, 0.15) is 43.0 Å². The van der Waals surface area contributed by atoms with Crippen LogP contribution in [0, 0.1) is 5.82 Å². The number of halogens is 1. The van der Waals surface area contributed by atoms with Gasteiger partial charge in [-0.1, -0.05) is 18.6 Å². The fourth-order valence-electron chi connectivity index (χ4n) is 2.54. The molecule has 1 unspecified atom stereocenters. The zero-order valence-electron chi connectivity index (χ0n) is 10.9. The SMILES string of the molecule is CC1CCCCN1CCC(=O)c1cccc(F)c1. The van der Waals surface area contributed by atoms with E-state index in [0.717, 1.165) is 13.1 Å². The van der Waals surface area contributed by atoms with Gasteiger partial charge in [-0.2, -0.15) is 0 Å². The number of Topliss-reactive ketones (excluding diaryl/α,β-unsaturated/α-hetero) is 1. The van der Waals surface area contributed by atoms with E-state index in [9.17, 15) is 9.18 Å². The second-order valence-corrected chi connectivity index (χ2v) is 5.06. The topological polar surface area (TPSA) is 20.3 Å². The van der Waals surface area contributed by atoms with Gasteiger partial charge in [-0.25, -0.2) is 4.39 Å². The molecule has 1 aliphatic heterocycles. The summed E-state index contributed by atoms with van der Waals surface area (Å²) in [6, 6.07) is 6.53. The van der Waals surface area contributed by atoms with E-state index in [4.69, 9.17) is 0 Å². The average molecular weight is 249 g/mol. The lowest BCUT2D eigenvalue weighted by Crippen LogP contribution is -2.38. The minimum atomic E-state index is -0.341. The lowest BCUT2D eigenvalue weighted by Gasteiger charge is -2.33. The van der Waals surface area contributed by atoms with Gasteiger partial charge in [0.15, 0.2) is 5.78 Å². The first-order valence-electron chi connectivity index (χ1n) is 6.69. The summed E-state index contributed by atoms with van der Waals surface area (Å²) in [5.74, 6) is -0.306. The Balaban J connectivity index is 1.88. The maximum absolute atomic E-state index is 13.0. The van der Waals surface area contributed by atoms with Crippen LogP contribution in [0.25, 0.3) is 0 Å². The van der Waals surface area contributed by atoms with Crippen LogP contribution in [0.15, 0.2) is 24.3 Å². The summed E-state index contributed by atoms with van der Waals surface area (Å²) in [7, 11) is 0. The number of carbonyl (C=O) groups excluding carboxylic acids is 1. The molecular weight excluding hydrogens is 229 g/mol. The fourth-order valence-corrected chi connectivity index (χ4v) is 2.54. The second kappa shape index (κ2) is 6.10. The number of hydrogen-bond donors (Lipinski definition) is 0. The molecule has 0 N–H and O–H groups in total. The number of benzene rings is 1. The molecule has 1 saturated heterocycles. The summed E-state index contributed by atoms with van der Waals surface area (Å²) in [5.41, 5.74) is 0.486. The minimum absolute atomic E-state index is 0.0345. The van der Waals surface area contributed by atoms with Gasteiger partial charge in [-0.3, -0.25) is 4.79 Å². The molecule has 0 radical (unpaired) electrons. The van der Waals surface area contributed by atoms with E-state index in [1.165, 1.54) is 31.4 Å². The van der Waals surface area contributed by atoms with Crippen molar-refractivity contribution in [2.24, 2.45) is 0 Å². The predicted molar refractivity (Wildman–Crippen MR) is 70.2 cm³/mol. The molecular formula is C15H20FNO. The molecule has 1 aromatic rings. The fraction of sp³-hybridized carbons (Fsp3) is 0.533. The van der Waals surface area contributed by atoms with Gasteiger partial charge in [0.25, 0.3) is 0 Å². The number of rotatable bonds is 4. The summed E-state index contributed by atoms with van der Waals surface area (Å²) >= 11 is 0. The molecule has 1 atom stereocenters. The number of nitrogens with zero attached hydrogens (tertiary/aromatic N) is 1. The summed E-state index contributed by atoms with van der Waals surface area (Å²) in [5, 5.41) is 0. The molecule has 2 rings (SSSR count). The van der Waals surface area contributed by atoms with E-state index in [1.54, 1.807) is 12.1 Å². The molecule has 0 amide bonds. The molecule has 1 aliphatic rings. The molecule has 2 nitrogen and oxygen atoms in total. The van der Waals surface area contributed by atoms with Crippen molar-refractivity contribution in [1.29, 1.82) is 0 Å². The number of carbonyl (C=O) groups is 1. The summed E-state index contributed by atoms with van der Waals surface area (Å²) < 4.78 is 13.0. The predicted octanol–water partition coefficient (Wildman–Crippen LogP) is 3.27. The third kappa shape index (κ3) is 3.39. The van der Waals surface area contributed by atoms with Gasteiger partial charge in [0.05, 0.1) is 0 Å². The summed E-state index contributed by atoms with van der Waals surface area (Å²) in [4.78, 5) is 14.3. The second-order valence-electron chi connectivity index (χ2n) is 5.06. The van der Waals surface area contributed by atoms with Gasteiger partial charge < -0.3 is 4.90 Å². The Morgan fingerprint density at radius 1 is 1.44 bits per heavy atom. The Morgan fingerprint density at radius 3 is 3.00 bits per heavy atom. The van der Waals surface area contributed by atoms with Crippen molar-refractivity contribution >= 4 is 5.78 Å². The Labute approximate surface area is 108 Å². The van der Waals surface area contributed by atoms with Gasteiger partial charge in [0, 0.05) is 24.6 Å². The van der Waals surface area contributed by atoms with Gasteiger partial charge in [0.2, 0.25) is 0 Å². The number of piperidine rings is 1. The zero-order chi connectivity index (χ0) is 13.0. The standard InChI is InChI=1S/C15H20FNO/c1-12-5-2-3-9-17(12)10-8-15(18)13-6-4-7-14(16)11-13/h4,6-7,11-12H,2-3,5,8-10H2,1H3. The van der Waals surface area contributed by atoms with Crippen molar-refractivity contribution < 1.29 is 9.18 Å². The molecule has 0 aliphatic carbocycles. The lowest BCUT2D eigenvalue weighted by atomic mass is 10.0. The van der Waals surface area contributed by atoms with Crippen molar-refractivity contribution in [2.45, 2.75) is 38.6 Å². The third-order valence-corrected chi connectivity index (χ3v) is 3.71. The number of ketones is 1. The maximum Gasteiger partial charge on any atom is 0.164 e. The van der Waals surface area contributed by atoms with E-state index >= 15 is 0 Å². The molecule has 1 fully saturated rings. The Hall–Kier alpha value is -1.22. The zero-order valence-corrected chi connectivity index (χ0v) is 10.9. The van der Waals surface area contributed by atoms with E-state index in [2.05, 4.69) is 11.8 Å².